The first-order chi connectivity index (χ1) is 9.55. The van der Waals surface area contributed by atoms with Crippen molar-refractivity contribution in [2.45, 2.75) is 44.4 Å². The molecular formula is C17H23NO2. The Balaban J connectivity index is 2.39. The van der Waals surface area contributed by atoms with E-state index in [1.807, 2.05) is 44.0 Å². The maximum Gasteiger partial charge on any atom is 0.255 e. The molecule has 0 aliphatic carbocycles. The minimum atomic E-state index is -0.774. The number of hydrogen-bond donors (Lipinski definition) is 0. The van der Waals surface area contributed by atoms with E-state index in [1.54, 1.807) is 6.08 Å². The third kappa shape index (κ3) is 2.38. The molecule has 1 saturated heterocycles. The summed E-state index contributed by atoms with van der Waals surface area (Å²) in [5.41, 5.74) is 0.338. The van der Waals surface area contributed by atoms with E-state index in [2.05, 4.69) is 18.7 Å². The average Bonchev–Trinajstić information content (AvgIpc) is 2.49. The standard InChI is InChI=1S/C17H23NO2/c1-5-12-17(6-2)16(19)18(4)13(3)15(20-17)14-10-8-7-9-11-14/h5,7-11,13,15H,1,6,12H2,2-4H3/t13-,15-,17+/m0/s1. The van der Waals surface area contributed by atoms with E-state index in [0.717, 1.165) is 5.56 Å². The lowest BCUT2D eigenvalue weighted by molar-refractivity contribution is -0.196. The second-order valence-electron chi connectivity index (χ2n) is 5.45. The summed E-state index contributed by atoms with van der Waals surface area (Å²) >= 11 is 0. The molecule has 1 aliphatic heterocycles. The van der Waals surface area contributed by atoms with Crippen molar-refractivity contribution in [3.05, 3.63) is 48.6 Å². The normalized spacial score (nSPS) is 30.4. The number of rotatable bonds is 4. The minimum absolute atomic E-state index is 0.0226. The van der Waals surface area contributed by atoms with Crippen LogP contribution in [0.1, 0.15) is 38.4 Å². The summed E-state index contributed by atoms with van der Waals surface area (Å²) in [5, 5.41) is 0. The number of amides is 1. The van der Waals surface area contributed by atoms with Gasteiger partial charge in [0.05, 0.1) is 6.04 Å². The van der Waals surface area contributed by atoms with Gasteiger partial charge in [0.2, 0.25) is 0 Å². The highest BCUT2D eigenvalue weighted by molar-refractivity contribution is 5.86. The Kier molecular flexibility index (Phi) is 4.29. The summed E-state index contributed by atoms with van der Waals surface area (Å²) in [6.07, 6.45) is 2.87. The first-order valence-electron chi connectivity index (χ1n) is 7.16. The highest BCUT2D eigenvalue weighted by Gasteiger charge is 2.48. The van der Waals surface area contributed by atoms with Crippen LogP contribution in [0.25, 0.3) is 0 Å². The second kappa shape index (κ2) is 5.80. The molecule has 3 atom stereocenters. The smallest absolute Gasteiger partial charge is 0.255 e. The monoisotopic (exact) mass is 273 g/mol. The molecule has 0 bridgehead atoms. The van der Waals surface area contributed by atoms with Crippen LogP contribution in [0.3, 0.4) is 0 Å². The lowest BCUT2D eigenvalue weighted by atomic mass is 9.88. The fraction of sp³-hybridized carbons (Fsp3) is 0.471. The number of nitrogens with zero attached hydrogens (tertiary/aromatic N) is 1. The second-order valence-corrected chi connectivity index (χ2v) is 5.45. The Hall–Kier alpha value is -1.61. The minimum Gasteiger partial charge on any atom is -0.355 e. The fourth-order valence-electron chi connectivity index (χ4n) is 2.84. The van der Waals surface area contributed by atoms with Crippen LogP contribution < -0.4 is 0 Å². The molecule has 1 heterocycles. The van der Waals surface area contributed by atoms with Gasteiger partial charge < -0.3 is 9.64 Å². The molecule has 0 radical (unpaired) electrons. The SMILES string of the molecule is C=CC[C@@]1(CC)O[C@H](c2ccccc2)[C@H](C)N(C)C1=O. The van der Waals surface area contributed by atoms with E-state index < -0.39 is 5.60 Å². The van der Waals surface area contributed by atoms with Gasteiger partial charge in [-0.15, -0.1) is 6.58 Å². The molecule has 1 amide bonds. The zero-order valence-electron chi connectivity index (χ0n) is 12.5. The molecule has 1 aliphatic rings. The van der Waals surface area contributed by atoms with Gasteiger partial charge in [-0.1, -0.05) is 43.3 Å². The van der Waals surface area contributed by atoms with Gasteiger partial charge >= 0.3 is 0 Å². The molecule has 3 nitrogen and oxygen atoms in total. The van der Waals surface area contributed by atoms with Crippen LogP contribution >= 0.6 is 0 Å². The Morgan fingerprint density at radius 1 is 1.40 bits per heavy atom. The average molecular weight is 273 g/mol. The first kappa shape index (κ1) is 14.8. The first-order valence-corrected chi connectivity index (χ1v) is 7.16. The van der Waals surface area contributed by atoms with E-state index in [4.69, 9.17) is 4.74 Å². The summed E-state index contributed by atoms with van der Waals surface area (Å²) in [5.74, 6) is 0.0552. The highest BCUT2D eigenvalue weighted by Crippen LogP contribution is 2.39. The van der Waals surface area contributed by atoms with Gasteiger partial charge in [-0.05, 0) is 18.9 Å². The van der Waals surface area contributed by atoms with Crippen LogP contribution in [0.4, 0.5) is 0 Å². The largest absolute Gasteiger partial charge is 0.355 e. The lowest BCUT2D eigenvalue weighted by Crippen LogP contribution is -2.59. The number of carbonyl (C=O) groups is 1. The van der Waals surface area contributed by atoms with Crippen LogP contribution in [0.2, 0.25) is 0 Å². The molecule has 3 heteroatoms. The van der Waals surface area contributed by atoms with E-state index in [9.17, 15) is 4.79 Å². The zero-order chi connectivity index (χ0) is 14.8. The van der Waals surface area contributed by atoms with Crippen LogP contribution in [-0.4, -0.2) is 29.5 Å². The summed E-state index contributed by atoms with van der Waals surface area (Å²) in [6, 6.07) is 10.1. The van der Waals surface area contributed by atoms with Gasteiger partial charge in [0, 0.05) is 13.5 Å². The molecule has 1 aromatic rings. The summed E-state index contributed by atoms with van der Waals surface area (Å²) in [6.45, 7) is 7.80. The van der Waals surface area contributed by atoms with Gasteiger partial charge in [0.15, 0.2) is 5.60 Å². The maximum atomic E-state index is 12.6. The number of benzene rings is 1. The summed E-state index contributed by atoms with van der Waals surface area (Å²) in [4.78, 5) is 14.4. The summed E-state index contributed by atoms with van der Waals surface area (Å²) < 4.78 is 6.28. The molecular weight excluding hydrogens is 250 g/mol. The van der Waals surface area contributed by atoms with Crippen molar-refractivity contribution in [3.8, 4) is 0 Å². The van der Waals surface area contributed by atoms with Crippen molar-refractivity contribution in [3.63, 3.8) is 0 Å². The van der Waals surface area contributed by atoms with Crippen molar-refractivity contribution in [2.24, 2.45) is 0 Å². The molecule has 2 rings (SSSR count). The predicted octanol–water partition coefficient (Wildman–Crippen LogP) is 3.33. The molecule has 0 aromatic heterocycles. The predicted molar refractivity (Wildman–Crippen MR) is 80.3 cm³/mol. The Morgan fingerprint density at radius 2 is 2.05 bits per heavy atom. The number of ether oxygens (including phenoxy) is 1. The lowest BCUT2D eigenvalue weighted by Gasteiger charge is -2.47. The van der Waals surface area contributed by atoms with E-state index in [1.165, 1.54) is 0 Å². The summed E-state index contributed by atoms with van der Waals surface area (Å²) in [7, 11) is 1.86. The molecule has 1 aromatic carbocycles. The van der Waals surface area contributed by atoms with Gasteiger partial charge in [0.25, 0.3) is 5.91 Å². The van der Waals surface area contributed by atoms with Crippen molar-refractivity contribution < 1.29 is 9.53 Å². The molecule has 0 saturated carbocycles. The van der Waals surface area contributed by atoms with Crippen molar-refractivity contribution >= 4 is 5.91 Å². The van der Waals surface area contributed by atoms with Crippen LogP contribution in [-0.2, 0) is 9.53 Å². The zero-order valence-corrected chi connectivity index (χ0v) is 12.5. The van der Waals surface area contributed by atoms with E-state index in [0.29, 0.717) is 12.8 Å². The van der Waals surface area contributed by atoms with E-state index in [-0.39, 0.29) is 18.1 Å². The third-order valence-corrected chi connectivity index (χ3v) is 4.29. The number of hydrogen-bond acceptors (Lipinski definition) is 2. The van der Waals surface area contributed by atoms with Crippen LogP contribution in [0.5, 0.6) is 0 Å². The van der Waals surface area contributed by atoms with Crippen molar-refractivity contribution in [1.82, 2.24) is 4.90 Å². The molecule has 0 unspecified atom stereocenters. The number of carbonyl (C=O) groups excluding carboxylic acids is 1. The fourth-order valence-corrected chi connectivity index (χ4v) is 2.84. The van der Waals surface area contributed by atoms with Crippen LogP contribution in [0.15, 0.2) is 43.0 Å². The van der Waals surface area contributed by atoms with Gasteiger partial charge in [-0.25, -0.2) is 0 Å². The number of likely N-dealkylation sites (N-methyl/N-ethyl adjacent to an activating group) is 1. The van der Waals surface area contributed by atoms with Gasteiger partial charge in [0.1, 0.15) is 6.10 Å². The van der Waals surface area contributed by atoms with Gasteiger partial charge in [-0.3, -0.25) is 4.79 Å². The van der Waals surface area contributed by atoms with Gasteiger partial charge in [-0.2, -0.15) is 0 Å². The van der Waals surface area contributed by atoms with Crippen molar-refractivity contribution in [1.29, 1.82) is 0 Å². The van der Waals surface area contributed by atoms with Crippen LogP contribution in [0, 0.1) is 0 Å². The molecule has 0 N–H and O–H groups in total. The van der Waals surface area contributed by atoms with E-state index >= 15 is 0 Å². The third-order valence-electron chi connectivity index (χ3n) is 4.29. The Labute approximate surface area is 121 Å². The molecule has 0 spiro atoms. The topological polar surface area (TPSA) is 29.5 Å². The number of morpholine rings is 1. The molecule has 1 fully saturated rings. The Bertz CT molecular complexity index is 485. The maximum absolute atomic E-state index is 12.6. The highest BCUT2D eigenvalue weighted by atomic mass is 16.5. The molecule has 108 valence electrons. The van der Waals surface area contributed by atoms with Crippen molar-refractivity contribution in [2.75, 3.05) is 7.05 Å². The quantitative estimate of drug-likeness (QED) is 0.788. The Morgan fingerprint density at radius 3 is 2.60 bits per heavy atom. The molecule has 20 heavy (non-hydrogen) atoms.